The minimum absolute atomic E-state index is 0.0949. The predicted molar refractivity (Wildman–Crippen MR) is 72.0 cm³/mol. The first kappa shape index (κ1) is 16.1. The smallest absolute Gasteiger partial charge is 0.211 e. The van der Waals surface area contributed by atoms with Crippen LogP contribution in [0.2, 0.25) is 10.0 Å². The van der Waals surface area contributed by atoms with E-state index in [0.29, 0.717) is 0 Å². The summed E-state index contributed by atoms with van der Waals surface area (Å²) in [5.41, 5.74) is -0.225. The molecule has 0 fully saturated rings. The largest absolute Gasteiger partial charge is 0.240 e. The normalized spacial score (nSPS) is 11.2. The van der Waals surface area contributed by atoms with Crippen molar-refractivity contribution >= 4 is 71.4 Å². The zero-order valence-corrected chi connectivity index (χ0v) is 12.1. The fraction of sp³-hybridized carbons (Fsp3) is 0.125. The van der Waals surface area contributed by atoms with E-state index in [1.165, 1.54) is 6.08 Å². The summed E-state index contributed by atoms with van der Waals surface area (Å²) in [6.45, 7) is 0. The Hall–Kier alpha value is 0.0200. The molecule has 0 bridgehead atoms. The average Bonchev–Trinajstić information content (AvgIpc) is 2.37. The zero-order chi connectivity index (χ0) is 13.8. The van der Waals surface area contributed by atoms with E-state index in [2.05, 4.69) is 4.99 Å². The summed E-state index contributed by atoms with van der Waals surface area (Å²) in [6.07, 6.45) is 1.23. The van der Waals surface area contributed by atoms with E-state index >= 15 is 0 Å². The van der Waals surface area contributed by atoms with Crippen molar-refractivity contribution in [2.45, 2.75) is 3.41 Å². The first-order chi connectivity index (χ1) is 8.54. The standard InChI is InChI=1S/C8H2Cl2F3NOS3/c9-5-1-4(8(16-11,17-12)18-13)2-6(10)7(5)14-3-15/h1-2H. The molecule has 0 radical (unpaired) electrons. The Bertz CT molecular complexity index is 463. The van der Waals surface area contributed by atoms with Crippen LogP contribution in [0.3, 0.4) is 0 Å². The van der Waals surface area contributed by atoms with Crippen LogP contribution in [-0.2, 0) is 8.21 Å². The van der Waals surface area contributed by atoms with Crippen molar-refractivity contribution in [1.29, 1.82) is 0 Å². The van der Waals surface area contributed by atoms with Crippen molar-refractivity contribution in [3.05, 3.63) is 27.7 Å². The van der Waals surface area contributed by atoms with Crippen LogP contribution in [0, 0.1) is 0 Å². The fourth-order valence-corrected chi connectivity index (χ4v) is 2.54. The van der Waals surface area contributed by atoms with Gasteiger partial charge in [-0.25, -0.2) is 4.79 Å². The molecule has 0 unspecified atom stereocenters. The molecule has 18 heavy (non-hydrogen) atoms. The lowest BCUT2D eigenvalue weighted by Gasteiger charge is -2.20. The zero-order valence-electron chi connectivity index (χ0n) is 8.12. The molecule has 0 heterocycles. The summed E-state index contributed by atoms with van der Waals surface area (Å²) in [5, 5.41) is -0.273. The fourth-order valence-electron chi connectivity index (χ4n) is 1.06. The lowest BCUT2D eigenvalue weighted by atomic mass is 10.2. The van der Waals surface area contributed by atoms with Crippen molar-refractivity contribution in [3.8, 4) is 0 Å². The molecule has 1 rings (SSSR count). The maximum atomic E-state index is 12.7. The Kier molecular flexibility index (Phi) is 6.23. The molecule has 0 aromatic heterocycles. The number of aliphatic imine (C=N–C) groups is 1. The number of rotatable bonds is 5. The monoisotopic (exact) mass is 351 g/mol. The summed E-state index contributed by atoms with van der Waals surface area (Å²) >= 11 is 9.85. The van der Waals surface area contributed by atoms with Crippen LogP contribution >= 0.6 is 59.6 Å². The van der Waals surface area contributed by atoms with Crippen molar-refractivity contribution < 1.29 is 16.5 Å². The number of isocyanates is 1. The Morgan fingerprint density at radius 1 is 1.11 bits per heavy atom. The van der Waals surface area contributed by atoms with Crippen LogP contribution in [-0.4, -0.2) is 6.08 Å². The van der Waals surface area contributed by atoms with Gasteiger partial charge in [0.05, 0.1) is 46.5 Å². The highest BCUT2D eigenvalue weighted by molar-refractivity contribution is 8.28. The lowest BCUT2D eigenvalue weighted by molar-refractivity contribution is 0.565. The molecule has 0 N–H and O–H groups in total. The second kappa shape index (κ2) is 6.98. The number of benzene rings is 1. The molecule has 1 aromatic rings. The van der Waals surface area contributed by atoms with Gasteiger partial charge in [-0.05, 0) is 17.7 Å². The highest BCUT2D eigenvalue weighted by Crippen LogP contribution is 2.58. The maximum absolute atomic E-state index is 12.7. The molecule has 10 heteroatoms. The van der Waals surface area contributed by atoms with Crippen LogP contribution in [0.1, 0.15) is 5.56 Å². The molecule has 0 atom stereocenters. The summed E-state index contributed by atoms with van der Waals surface area (Å²) in [5.74, 6) is 0. The third kappa shape index (κ3) is 3.12. The van der Waals surface area contributed by atoms with E-state index < -0.39 is 39.9 Å². The molecule has 0 saturated carbocycles. The molecule has 2 nitrogen and oxygen atoms in total. The number of hydrogen-bond donors (Lipinski definition) is 0. The van der Waals surface area contributed by atoms with Gasteiger partial charge in [-0.1, -0.05) is 23.2 Å². The van der Waals surface area contributed by atoms with Gasteiger partial charge in [0.15, 0.2) is 0 Å². The molecule has 1 aromatic carbocycles. The van der Waals surface area contributed by atoms with E-state index in [9.17, 15) is 16.5 Å². The van der Waals surface area contributed by atoms with Gasteiger partial charge in [0.25, 0.3) is 0 Å². The van der Waals surface area contributed by atoms with E-state index in [4.69, 9.17) is 23.2 Å². The van der Waals surface area contributed by atoms with Gasteiger partial charge in [-0.15, -0.1) is 0 Å². The Labute approximate surface area is 124 Å². The van der Waals surface area contributed by atoms with Crippen LogP contribution in [0.25, 0.3) is 0 Å². The number of carbonyl (C=O) groups excluding carboxylic acids is 1. The van der Waals surface area contributed by atoms with E-state index in [1.807, 2.05) is 0 Å². The minimum atomic E-state index is -2.17. The van der Waals surface area contributed by atoms with Crippen molar-refractivity contribution in [1.82, 2.24) is 0 Å². The van der Waals surface area contributed by atoms with Crippen LogP contribution < -0.4 is 0 Å². The molecule has 0 amide bonds. The van der Waals surface area contributed by atoms with Gasteiger partial charge in [0.1, 0.15) is 5.69 Å². The molecule has 0 aliphatic rings. The SMILES string of the molecule is O=C=Nc1c(Cl)cc(C(SF)(SF)SF)cc1Cl. The van der Waals surface area contributed by atoms with Gasteiger partial charge in [0.2, 0.25) is 9.49 Å². The van der Waals surface area contributed by atoms with E-state index in [1.54, 1.807) is 0 Å². The third-order valence-corrected chi connectivity index (χ3v) is 4.86. The van der Waals surface area contributed by atoms with Crippen LogP contribution in [0.15, 0.2) is 17.1 Å². The molecule has 0 spiro atoms. The summed E-state index contributed by atoms with van der Waals surface area (Å²) in [4.78, 5) is 13.4. The number of halogens is 5. The van der Waals surface area contributed by atoms with E-state index in [-0.39, 0.29) is 21.3 Å². The average molecular weight is 352 g/mol. The highest BCUT2D eigenvalue weighted by atomic mass is 35.5. The second-order valence-corrected chi connectivity index (χ2v) is 6.67. The first-order valence-corrected chi connectivity index (χ1v) is 6.92. The Balaban J connectivity index is 3.40. The Morgan fingerprint density at radius 2 is 1.56 bits per heavy atom. The second-order valence-electron chi connectivity index (χ2n) is 2.78. The highest BCUT2D eigenvalue weighted by Gasteiger charge is 2.40. The summed E-state index contributed by atoms with van der Waals surface area (Å²) < 4.78 is 36.0. The number of hydrogen-bond acceptors (Lipinski definition) is 5. The van der Waals surface area contributed by atoms with Crippen LogP contribution in [0.5, 0.6) is 0 Å². The minimum Gasteiger partial charge on any atom is -0.211 e. The topological polar surface area (TPSA) is 29.4 Å². The third-order valence-electron chi connectivity index (χ3n) is 1.83. The van der Waals surface area contributed by atoms with Crippen molar-refractivity contribution in [2.75, 3.05) is 0 Å². The molecular weight excluding hydrogens is 350 g/mol. The summed E-state index contributed by atoms with van der Waals surface area (Å²) in [6, 6.07) is 2.16. The van der Waals surface area contributed by atoms with Gasteiger partial charge in [0, 0.05) is 0 Å². The van der Waals surface area contributed by atoms with Gasteiger partial charge in [-0.3, -0.25) is 0 Å². The van der Waals surface area contributed by atoms with Gasteiger partial charge in [-0.2, -0.15) is 16.6 Å². The number of nitrogens with zero attached hydrogens (tertiary/aromatic N) is 1. The maximum Gasteiger partial charge on any atom is 0.240 e. The lowest BCUT2D eigenvalue weighted by Crippen LogP contribution is -2.08. The Morgan fingerprint density at radius 3 is 1.89 bits per heavy atom. The molecule has 0 aliphatic carbocycles. The van der Waals surface area contributed by atoms with Crippen molar-refractivity contribution in [2.24, 2.45) is 4.99 Å². The quantitative estimate of drug-likeness (QED) is 0.373. The molecule has 0 saturated heterocycles. The van der Waals surface area contributed by atoms with E-state index in [0.717, 1.165) is 12.1 Å². The summed E-state index contributed by atoms with van der Waals surface area (Å²) in [7, 11) is 0. The van der Waals surface area contributed by atoms with Crippen molar-refractivity contribution in [3.63, 3.8) is 0 Å². The predicted octanol–water partition coefficient (Wildman–Crippen LogP) is 5.92. The molecular formula is C8H2Cl2F3NOS3. The first-order valence-electron chi connectivity index (χ1n) is 4.01. The van der Waals surface area contributed by atoms with Crippen LogP contribution in [0.4, 0.5) is 17.3 Å². The van der Waals surface area contributed by atoms with Gasteiger partial charge >= 0.3 is 0 Å². The molecule has 0 aliphatic heterocycles. The van der Waals surface area contributed by atoms with Gasteiger partial charge < -0.3 is 0 Å². The molecule has 98 valence electrons.